The Hall–Kier alpha value is -1.60. The number of hydrogen-bond acceptors (Lipinski definition) is 4. The topological polar surface area (TPSA) is 84.5 Å². The minimum absolute atomic E-state index is 0.0343. The molecule has 1 fully saturated rings. The summed E-state index contributed by atoms with van der Waals surface area (Å²) in [4.78, 5) is 11.9. The Bertz CT molecular complexity index is 657. The monoisotopic (exact) mass is 354 g/mol. The van der Waals surface area contributed by atoms with Gasteiger partial charge in [-0.2, -0.15) is 0 Å². The molecule has 0 saturated heterocycles. The van der Waals surface area contributed by atoms with Crippen molar-refractivity contribution in [1.82, 2.24) is 10.0 Å². The Morgan fingerprint density at radius 1 is 1.17 bits per heavy atom. The Morgan fingerprint density at radius 2 is 1.75 bits per heavy atom. The molecule has 134 valence electrons. The zero-order chi connectivity index (χ0) is 17.8. The molecule has 0 aliphatic heterocycles. The number of hydrogen-bond donors (Lipinski definition) is 2. The first kappa shape index (κ1) is 18.7. The van der Waals surface area contributed by atoms with E-state index in [0.29, 0.717) is 5.75 Å². The van der Waals surface area contributed by atoms with E-state index in [-0.39, 0.29) is 29.0 Å². The fourth-order valence-corrected chi connectivity index (χ4v) is 3.95. The Labute approximate surface area is 144 Å². The molecule has 0 atom stereocenters. The predicted molar refractivity (Wildman–Crippen MR) is 92.4 cm³/mol. The van der Waals surface area contributed by atoms with Crippen molar-refractivity contribution in [2.75, 3.05) is 6.61 Å². The largest absolute Gasteiger partial charge is 0.484 e. The Balaban J connectivity index is 1.91. The third kappa shape index (κ3) is 5.79. The lowest BCUT2D eigenvalue weighted by atomic mass is 10.1. The summed E-state index contributed by atoms with van der Waals surface area (Å²) < 4.78 is 32.7. The quantitative estimate of drug-likeness (QED) is 0.820. The van der Waals surface area contributed by atoms with Gasteiger partial charge in [-0.05, 0) is 57.9 Å². The molecule has 1 amide bonds. The summed E-state index contributed by atoms with van der Waals surface area (Å²) in [6.45, 7) is 5.56. The van der Waals surface area contributed by atoms with Gasteiger partial charge in [0.1, 0.15) is 5.75 Å². The first-order valence-corrected chi connectivity index (χ1v) is 9.70. The van der Waals surface area contributed by atoms with Gasteiger partial charge in [-0.15, -0.1) is 0 Å². The number of carbonyl (C=O) groups is 1. The van der Waals surface area contributed by atoms with Gasteiger partial charge in [0, 0.05) is 11.6 Å². The summed E-state index contributed by atoms with van der Waals surface area (Å²) >= 11 is 0. The van der Waals surface area contributed by atoms with Crippen molar-refractivity contribution in [1.29, 1.82) is 0 Å². The smallest absolute Gasteiger partial charge is 0.258 e. The molecular weight excluding hydrogens is 328 g/mol. The lowest BCUT2D eigenvalue weighted by Gasteiger charge is -2.20. The molecule has 24 heavy (non-hydrogen) atoms. The molecular formula is C17H26N2O4S. The van der Waals surface area contributed by atoms with Crippen molar-refractivity contribution in [2.24, 2.45) is 0 Å². The second-order valence-corrected chi connectivity index (χ2v) is 8.87. The lowest BCUT2D eigenvalue weighted by molar-refractivity contribution is -0.124. The van der Waals surface area contributed by atoms with Crippen molar-refractivity contribution >= 4 is 15.9 Å². The van der Waals surface area contributed by atoms with Gasteiger partial charge in [0.25, 0.3) is 5.91 Å². The second kappa shape index (κ2) is 7.53. The van der Waals surface area contributed by atoms with Crippen molar-refractivity contribution in [3.8, 4) is 5.75 Å². The predicted octanol–water partition coefficient (Wildman–Crippen LogP) is 2.20. The van der Waals surface area contributed by atoms with E-state index in [9.17, 15) is 13.2 Å². The summed E-state index contributed by atoms with van der Waals surface area (Å²) in [5, 5.41) is 2.80. The normalized spacial score (nSPS) is 16.1. The number of rotatable bonds is 6. The highest BCUT2D eigenvalue weighted by Gasteiger charge is 2.22. The van der Waals surface area contributed by atoms with Crippen LogP contribution in [0.15, 0.2) is 29.2 Å². The number of amides is 1. The van der Waals surface area contributed by atoms with Crippen molar-refractivity contribution in [3.05, 3.63) is 24.3 Å². The van der Waals surface area contributed by atoms with Crippen LogP contribution in [0.5, 0.6) is 5.75 Å². The average Bonchev–Trinajstić information content (AvgIpc) is 2.96. The molecule has 7 heteroatoms. The molecule has 1 aromatic rings. The van der Waals surface area contributed by atoms with Crippen LogP contribution in [-0.2, 0) is 14.8 Å². The zero-order valence-electron chi connectivity index (χ0n) is 14.5. The van der Waals surface area contributed by atoms with E-state index in [1.807, 2.05) is 20.8 Å². The van der Waals surface area contributed by atoms with Crippen LogP contribution in [-0.4, -0.2) is 32.5 Å². The summed E-state index contributed by atoms with van der Waals surface area (Å²) in [5.74, 6) is 0.237. The average molecular weight is 354 g/mol. The molecule has 1 aliphatic rings. The first-order valence-electron chi connectivity index (χ1n) is 8.22. The van der Waals surface area contributed by atoms with E-state index < -0.39 is 10.0 Å². The zero-order valence-corrected chi connectivity index (χ0v) is 15.3. The summed E-state index contributed by atoms with van der Waals surface area (Å²) in [6.07, 6.45) is 3.92. The third-order valence-corrected chi connectivity index (χ3v) is 5.23. The van der Waals surface area contributed by atoms with Gasteiger partial charge in [-0.3, -0.25) is 4.79 Å². The fraction of sp³-hybridized carbons (Fsp3) is 0.588. The van der Waals surface area contributed by atoms with Crippen molar-refractivity contribution < 1.29 is 17.9 Å². The van der Waals surface area contributed by atoms with E-state index in [1.165, 1.54) is 12.1 Å². The van der Waals surface area contributed by atoms with Crippen LogP contribution in [0.25, 0.3) is 0 Å². The van der Waals surface area contributed by atoms with Gasteiger partial charge >= 0.3 is 0 Å². The van der Waals surface area contributed by atoms with Crippen LogP contribution in [0.1, 0.15) is 46.5 Å². The van der Waals surface area contributed by atoms with E-state index in [0.717, 1.165) is 25.7 Å². The van der Waals surface area contributed by atoms with E-state index in [4.69, 9.17) is 4.74 Å². The van der Waals surface area contributed by atoms with E-state index in [2.05, 4.69) is 10.0 Å². The van der Waals surface area contributed by atoms with Gasteiger partial charge in [-0.1, -0.05) is 12.8 Å². The maximum absolute atomic E-state index is 12.3. The highest BCUT2D eigenvalue weighted by Crippen LogP contribution is 2.21. The van der Waals surface area contributed by atoms with Gasteiger partial charge in [0.05, 0.1) is 4.90 Å². The van der Waals surface area contributed by atoms with Gasteiger partial charge in [-0.25, -0.2) is 13.1 Å². The van der Waals surface area contributed by atoms with Gasteiger partial charge in [0.2, 0.25) is 10.0 Å². The molecule has 1 aliphatic carbocycles. The summed E-state index contributed by atoms with van der Waals surface area (Å²) in [6, 6.07) is 6.15. The van der Waals surface area contributed by atoms with Gasteiger partial charge < -0.3 is 10.1 Å². The van der Waals surface area contributed by atoms with Crippen LogP contribution in [0.3, 0.4) is 0 Å². The molecule has 1 saturated carbocycles. The van der Waals surface area contributed by atoms with Crippen molar-refractivity contribution in [2.45, 2.75) is 62.9 Å². The highest BCUT2D eigenvalue weighted by molar-refractivity contribution is 7.89. The van der Waals surface area contributed by atoms with E-state index in [1.54, 1.807) is 12.1 Å². The van der Waals surface area contributed by atoms with Gasteiger partial charge in [0.15, 0.2) is 6.61 Å². The Morgan fingerprint density at radius 3 is 2.29 bits per heavy atom. The molecule has 0 heterocycles. The highest BCUT2D eigenvalue weighted by atomic mass is 32.2. The molecule has 0 radical (unpaired) electrons. The lowest BCUT2D eigenvalue weighted by Crippen LogP contribution is -2.43. The Kier molecular flexibility index (Phi) is 5.87. The maximum Gasteiger partial charge on any atom is 0.258 e. The van der Waals surface area contributed by atoms with Crippen molar-refractivity contribution in [3.63, 3.8) is 0 Å². The SMILES string of the molecule is CC(C)(C)NC(=O)COc1ccc(S(=O)(=O)NC2CCCC2)cc1. The van der Waals surface area contributed by atoms with E-state index >= 15 is 0 Å². The van der Waals surface area contributed by atoms with Crippen LogP contribution in [0, 0.1) is 0 Å². The number of sulfonamides is 1. The van der Waals surface area contributed by atoms with Crippen LogP contribution >= 0.6 is 0 Å². The number of ether oxygens (including phenoxy) is 1. The fourth-order valence-electron chi connectivity index (χ4n) is 2.65. The van der Waals surface area contributed by atoms with Crippen LogP contribution < -0.4 is 14.8 Å². The number of nitrogens with one attached hydrogen (secondary N) is 2. The third-order valence-electron chi connectivity index (χ3n) is 3.70. The minimum Gasteiger partial charge on any atom is -0.484 e. The molecule has 2 rings (SSSR count). The summed E-state index contributed by atoms with van der Waals surface area (Å²) in [7, 11) is -3.50. The standard InChI is InChI=1S/C17H26N2O4S/c1-17(2,3)18-16(20)12-23-14-8-10-15(11-9-14)24(21,22)19-13-6-4-5-7-13/h8-11,13,19H,4-7,12H2,1-3H3,(H,18,20). The maximum atomic E-state index is 12.3. The summed E-state index contributed by atoms with van der Waals surface area (Å²) in [5.41, 5.74) is -0.315. The molecule has 2 N–H and O–H groups in total. The minimum atomic E-state index is -3.50. The number of benzene rings is 1. The molecule has 6 nitrogen and oxygen atoms in total. The molecule has 0 unspecified atom stereocenters. The van der Waals surface area contributed by atoms with Crippen LogP contribution in [0.4, 0.5) is 0 Å². The number of carbonyl (C=O) groups excluding carboxylic acids is 1. The molecule has 0 bridgehead atoms. The molecule has 0 spiro atoms. The molecule has 0 aromatic heterocycles. The first-order chi connectivity index (χ1) is 11.2. The second-order valence-electron chi connectivity index (χ2n) is 7.16. The van der Waals surface area contributed by atoms with Crippen LogP contribution in [0.2, 0.25) is 0 Å². The molecule has 1 aromatic carbocycles.